The first-order valence-electron chi connectivity index (χ1n) is 3.58. The van der Waals surface area contributed by atoms with Crippen molar-refractivity contribution in [1.82, 2.24) is 0 Å². The highest BCUT2D eigenvalue weighted by Crippen LogP contribution is 2.17. The van der Waals surface area contributed by atoms with E-state index in [1.807, 2.05) is 28.7 Å². The third-order valence-corrected chi connectivity index (χ3v) is 2.54. The van der Waals surface area contributed by atoms with Crippen LogP contribution in [0.5, 0.6) is 0 Å². The Kier molecular flexibility index (Phi) is 3.19. The smallest absolute Gasteiger partial charge is 0.249 e. The van der Waals surface area contributed by atoms with Crippen LogP contribution in [0.2, 0.25) is 0 Å². The van der Waals surface area contributed by atoms with E-state index in [-0.39, 0.29) is 11.1 Å². The fourth-order valence-electron chi connectivity index (χ4n) is 0.985. The molecule has 4 nitrogen and oxygen atoms in total. The molecule has 0 fully saturated rings. The van der Waals surface area contributed by atoms with Crippen molar-refractivity contribution in [2.24, 2.45) is 5.73 Å². The molecule has 0 aliphatic heterocycles. The second-order valence-electron chi connectivity index (χ2n) is 2.51. The van der Waals surface area contributed by atoms with Crippen LogP contribution in [0, 0.1) is 14.9 Å². The summed E-state index contributed by atoms with van der Waals surface area (Å²) in [5.74, 6) is -0.708. The van der Waals surface area contributed by atoms with E-state index in [0.29, 0.717) is 15.4 Å². The van der Waals surface area contributed by atoms with Gasteiger partial charge in [-0.25, -0.2) is 0 Å². The van der Waals surface area contributed by atoms with Gasteiger partial charge in [0.05, 0.1) is 11.1 Å². The summed E-state index contributed by atoms with van der Waals surface area (Å²) < 4.78 is 0.622. The number of benzene rings is 1. The maximum Gasteiger partial charge on any atom is 0.249 e. The number of carbonyl (C=O) groups excluding carboxylic acids is 2. The lowest BCUT2D eigenvalue weighted by Crippen LogP contribution is -2.14. The van der Waals surface area contributed by atoms with Gasteiger partial charge >= 0.3 is 0 Å². The van der Waals surface area contributed by atoms with Crippen LogP contribution in [0.3, 0.4) is 0 Å². The second kappa shape index (κ2) is 4.19. The van der Waals surface area contributed by atoms with Gasteiger partial charge in [-0.15, -0.1) is 0 Å². The van der Waals surface area contributed by atoms with Crippen LogP contribution in [-0.2, 0) is 0 Å². The van der Waals surface area contributed by atoms with Crippen LogP contribution in [0.4, 0.5) is 0 Å². The van der Waals surface area contributed by atoms with Crippen LogP contribution < -0.4 is 5.73 Å². The van der Waals surface area contributed by atoms with Gasteiger partial charge in [-0.3, -0.25) is 9.59 Å². The fraction of sp³-hybridized carbons (Fsp3) is 0. The number of primary amides is 1. The van der Waals surface area contributed by atoms with Gasteiger partial charge < -0.3 is 5.73 Å². The molecular weight excluding hydrogens is 295 g/mol. The Morgan fingerprint density at radius 2 is 2.21 bits per heavy atom. The maximum atomic E-state index is 10.9. The number of amides is 1. The molecule has 0 heterocycles. The molecule has 14 heavy (non-hydrogen) atoms. The Labute approximate surface area is 93.8 Å². The van der Waals surface area contributed by atoms with E-state index in [0.717, 1.165) is 0 Å². The largest absolute Gasteiger partial charge is 0.366 e. The van der Waals surface area contributed by atoms with Crippen LogP contribution in [0.15, 0.2) is 12.1 Å². The van der Waals surface area contributed by atoms with Gasteiger partial charge in [0.25, 0.3) is 0 Å². The van der Waals surface area contributed by atoms with E-state index in [1.54, 1.807) is 0 Å². The molecule has 0 radical (unpaired) electrons. The average Bonchev–Trinajstić information content (AvgIpc) is 2.16. The standard InChI is InChI=1S/C9H5IN2O2/c10-8-2-6(4-13)7(9(12)14)1-5(8)3-11/h1-2,4H,(H2,12,14). The molecule has 70 valence electrons. The minimum absolute atomic E-state index is 0.0805. The lowest BCUT2D eigenvalue weighted by molar-refractivity contribution is 0.0993. The first kappa shape index (κ1) is 10.7. The lowest BCUT2D eigenvalue weighted by Gasteiger charge is -2.02. The summed E-state index contributed by atoms with van der Waals surface area (Å²) in [5, 5.41) is 8.69. The molecule has 2 N–H and O–H groups in total. The number of halogens is 1. The molecule has 5 heteroatoms. The SMILES string of the molecule is N#Cc1cc(C(N)=O)c(C=O)cc1I. The zero-order valence-electron chi connectivity index (χ0n) is 6.95. The zero-order valence-corrected chi connectivity index (χ0v) is 9.11. The number of carbonyl (C=O) groups is 2. The lowest BCUT2D eigenvalue weighted by atomic mass is 10.1. The van der Waals surface area contributed by atoms with Crippen molar-refractivity contribution in [3.8, 4) is 6.07 Å². The van der Waals surface area contributed by atoms with Crippen molar-refractivity contribution in [2.75, 3.05) is 0 Å². The minimum Gasteiger partial charge on any atom is -0.366 e. The minimum atomic E-state index is -0.708. The molecule has 0 aliphatic carbocycles. The van der Waals surface area contributed by atoms with Gasteiger partial charge in [-0.05, 0) is 34.7 Å². The normalized spacial score (nSPS) is 9.14. The summed E-state index contributed by atoms with van der Waals surface area (Å²) in [4.78, 5) is 21.5. The Balaban J connectivity index is 3.49. The van der Waals surface area contributed by atoms with Crippen molar-refractivity contribution in [3.63, 3.8) is 0 Å². The van der Waals surface area contributed by atoms with Crippen LogP contribution in [0.25, 0.3) is 0 Å². The maximum absolute atomic E-state index is 10.9. The molecule has 0 aromatic heterocycles. The monoisotopic (exact) mass is 300 g/mol. The summed E-state index contributed by atoms with van der Waals surface area (Å²) >= 11 is 1.92. The number of nitrogens with zero attached hydrogens (tertiary/aromatic N) is 1. The van der Waals surface area contributed by atoms with Gasteiger partial charge in [0.1, 0.15) is 6.07 Å². The van der Waals surface area contributed by atoms with E-state index in [1.165, 1.54) is 12.1 Å². The topological polar surface area (TPSA) is 83.9 Å². The Bertz CT molecular complexity index is 449. The van der Waals surface area contributed by atoms with Gasteiger partial charge in [-0.1, -0.05) is 0 Å². The van der Waals surface area contributed by atoms with Gasteiger partial charge in [0, 0.05) is 9.13 Å². The number of nitriles is 1. The van der Waals surface area contributed by atoms with Crippen LogP contribution in [-0.4, -0.2) is 12.2 Å². The van der Waals surface area contributed by atoms with E-state index >= 15 is 0 Å². The summed E-state index contributed by atoms with van der Waals surface area (Å²) in [7, 11) is 0. The second-order valence-corrected chi connectivity index (χ2v) is 3.68. The van der Waals surface area contributed by atoms with E-state index in [9.17, 15) is 9.59 Å². The third kappa shape index (κ3) is 1.90. The molecule has 1 rings (SSSR count). The Morgan fingerprint density at radius 1 is 1.57 bits per heavy atom. The van der Waals surface area contributed by atoms with Crippen molar-refractivity contribution < 1.29 is 9.59 Å². The van der Waals surface area contributed by atoms with Crippen LogP contribution in [0.1, 0.15) is 26.3 Å². The molecule has 0 atom stereocenters. The highest BCUT2D eigenvalue weighted by atomic mass is 127. The summed E-state index contributed by atoms with van der Waals surface area (Å²) in [6, 6.07) is 4.70. The highest BCUT2D eigenvalue weighted by molar-refractivity contribution is 14.1. The van der Waals surface area contributed by atoms with E-state index in [4.69, 9.17) is 11.0 Å². The van der Waals surface area contributed by atoms with E-state index in [2.05, 4.69) is 0 Å². The summed E-state index contributed by atoms with van der Waals surface area (Å²) in [6.07, 6.45) is 0.545. The molecule has 1 aromatic rings. The summed E-state index contributed by atoms with van der Waals surface area (Å²) in [5.41, 5.74) is 5.68. The first-order valence-corrected chi connectivity index (χ1v) is 4.66. The van der Waals surface area contributed by atoms with Gasteiger partial charge in [0.2, 0.25) is 5.91 Å². The predicted octanol–water partition coefficient (Wildman–Crippen LogP) is 1.07. The highest BCUT2D eigenvalue weighted by Gasteiger charge is 2.11. The predicted molar refractivity (Wildman–Crippen MR) is 57.8 cm³/mol. The van der Waals surface area contributed by atoms with E-state index < -0.39 is 5.91 Å². The van der Waals surface area contributed by atoms with Crippen molar-refractivity contribution in [3.05, 3.63) is 32.4 Å². The number of hydrogen-bond acceptors (Lipinski definition) is 3. The third-order valence-electron chi connectivity index (χ3n) is 1.65. The van der Waals surface area contributed by atoms with Crippen molar-refractivity contribution in [1.29, 1.82) is 5.26 Å². The molecule has 0 aliphatic rings. The average molecular weight is 300 g/mol. The molecule has 0 saturated carbocycles. The molecule has 0 bridgehead atoms. The van der Waals surface area contributed by atoms with Gasteiger partial charge in [-0.2, -0.15) is 5.26 Å². The Morgan fingerprint density at radius 3 is 2.64 bits per heavy atom. The number of hydrogen-bond donors (Lipinski definition) is 1. The van der Waals surface area contributed by atoms with Crippen molar-refractivity contribution >= 4 is 34.8 Å². The molecule has 0 unspecified atom stereocenters. The first-order chi connectivity index (χ1) is 6.60. The number of nitrogens with two attached hydrogens (primary N) is 1. The summed E-state index contributed by atoms with van der Waals surface area (Å²) in [6.45, 7) is 0. The number of aldehydes is 1. The fourth-order valence-corrected chi connectivity index (χ4v) is 1.60. The van der Waals surface area contributed by atoms with Crippen molar-refractivity contribution in [2.45, 2.75) is 0 Å². The molecular formula is C9H5IN2O2. The molecule has 0 saturated heterocycles. The quantitative estimate of drug-likeness (QED) is 0.655. The zero-order chi connectivity index (χ0) is 10.7. The number of rotatable bonds is 2. The van der Waals surface area contributed by atoms with Crippen LogP contribution >= 0.6 is 22.6 Å². The molecule has 0 spiro atoms. The molecule has 1 amide bonds. The molecule has 1 aromatic carbocycles. The Hall–Kier alpha value is -1.42. The van der Waals surface area contributed by atoms with Gasteiger partial charge in [0.15, 0.2) is 6.29 Å².